The molecule has 0 aliphatic heterocycles. The summed E-state index contributed by atoms with van der Waals surface area (Å²) in [6.45, 7) is 0. The van der Waals surface area contributed by atoms with Crippen molar-refractivity contribution in [3.63, 3.8) is 0 Å². The molecule has 46 heavy (non-hydrogen) atoms. The van der Waals surface area contributed by atoms with Gasteiger partial charge in [0, 0.05) is 0 Å². The van der Waals surface area contributed by atoms with E-state index in [1.807, 2.05) is 0 Å². The summed E-state index contributed by atoms with van der Waals surface area (Å²) in [4.78, 5) is 0. The summed E-state index contributed by atoms with van der Waals surface area (Å²) in [5, 5.41) is 0. The minimum atomic E-state index is -9.74. The van der Waals surface area contributed by atoms with E-state index in [0.29, 0.717) is 0 Å². The first kappa shape index (κ1) is 37.3. The normalized spacial score (nSPS) is 11.7. The summed E-state index contributed by atoms with van der Waals surface area (Å²) < 4.78 is 281. The number of halogens is 20. The number of hydrogen-bond donors (Lipinski definition) is 0. The van der Waals surface area contributed by atoms with Crippen LogP contribution in [0.4, 0.5) is 87.8 Å². The molecule has 0 atom stereocenters. The Morgan fingerprint density at radius 1 is 0.174 bits per heavy atom. The first-order valence-electron chi connectivity index (χ1n) is 10.9. The van der Waals surface area contributed by atoms with Crippen LogP contribution in [-0.4, -0.2) is 15.0 Å². The minimum absolute atomic E-state index is 0. The molecular formula is C24AgF20Ga. The molecule has 0 spiro atoms. The maximum Gasteiger partial charge on any atom is 1.00 e. The molecule has 0 aliphatic rings. The summed E-state index contributed by atoms with van der Waals surface area (Å²) in [6.07, 6.45) is 0. The van der Waals surface area contributed by atoms with Gasteiger partial charge in [-0.1, -0.05) is 0 Å². The molecule has 0 radical (unpaired) electrons. The average molecular weight is 846 g/mol. The summed E-state index contributed by atoms with van der Waals surface area (Å²) >= 11 is -9.74. The van der Waals surface area contributed by atoms with E-state index in [9.17, 15) is 52.7 Å². The summed E-state index contributed by atoms with van der Waals surface area (Å²) in [5.74, 6) is -70.5. The molecule has 0 unspecified atom stereocenters. The summed E-state index contributed by atoms with van der Waals surface area (Å²) in [5.41, 5.74) is 0. The fourth-order valence-corrected chi connectivity index (χ4v) is 17.0. The van der Waals surface area contributed by atoms with E-state index in [1.165, 1.54) is 0 Å². The molecule has 0 amide bonds. The molecule has 4 rings (SSSR count). The Bertz CT molecular complexity index is 1580. The Kier molecular flexibility index (Phi) is 10.1. The van der Waals surface area contributed by atoms with Crippen LogP contribution in [0.2, 0.25) is 0 Å². The monoisotopic (exact) mass is 844 g/mol. The molecule has 22 heteroatoms. The maximum absolute atomic E-state index is 15.4. The van der Waals surface area contributed by atoms with Crippen LogP contribution < -0.4 is 16.5 Å². The third kappa shape index (κ3) is 4.75. The van der Waals surface area contributed by atoms with E-state index in [2.05, 4.69) is 0 Å². The zero-order valence-corrected chi connectivity index (χ0v) is 24.3. The van der Waals surface area contributed by atoms with Crippen LogP contribution in [0.3, 0.4) is 0 Å². The molecule has 0 saturated carbocycles. The van der Waals surface area contributed by atoms with Gasteiger partial charge >= 0.3 is 258 Å². The van der Waals surface area contributed by atoms with Crippen LogP contribution in [-0.2, 0) is 22.4 Å². The summed E-state index contributed by atoms with van der Waals surface area (Å²) in [6, 6.07) is 0. The van der Waals surface area contributed by atoms with Crippen molar-refractivity contribution in [1.82, 2.24) is 0 Å². The first-order valence-corrected chi connectivity index (χ1v) is 15.8. The fraction of sp³-hybridized carbons (Fsp3) is 0. The first-order chi connectivity index (χ1) is 20.7. The van der Waals surface area contributed by atoms with Crippen LogP contribution >= 0.6 is 0 Å². The third-order valence-corrected chi connectivity index (χ3v) is 18.2. The molecule has 4 aromatic rings. The predicted molar refractivity (Wildman–Crippen MR) is 109 cm³/mol. The van der Waals surface area contributed by atoms with Gasteiger partial charge in [-0.15, -0.1) is 0 Å². The minimum Gasteiger partial charge on any atom is 1.00 e. The zero-order valence-electron chi connectivity index (χ0n) is 20.4. The largest absolute Gasteiger partial charge is 1.00 e. The molecule has 0 heterocycles. The Morgan fingerprint density at radius 2 is 0.261 bits per heavy atom. The second kappa shape index (κ2) is 12.5. The fourth-order valence-electron chi connectivity index (χ4n) is 4.87. The van der Waals surface area contributed by atoms with E-state index < -0.39 is 148 Å². The van der Waals surface area contributed by atoms with Crippen molar-refractivity contribution in [3.8, 4) is 0 Å². The molecule has 0 nitrogen and oxygen atoms in total. The van der Waals surface area contributed by atoms with Crippen molar-refractivity contribution in [3.05, 3.63) is 116 Å². The molecule has 0 N–H and O–H groups in total. The van der Waals surface area contributed by atoms with Gasteiger partial charge < -0.3 is 0 Å². The molecule has 0 aromatic heterocycles. The quantitative estimate of drug-likeness (QED) is 0.105. The average Bonchev–Trinajstić information content (AvgIpc) is 3.00. The maximum atomic E-state index is 15.4. The van der Waals surface area contributed by atoms with Gasteiger partial charge in [0.25, 0.3) is 0 Å². The van der Waals surface area contributed by atoms with Gasteiger partial charge in [-0.05, 0) is 0 Å². The smallest absolute Gasteiger partial charge is 1.00 e. The van der Waals surface area contributed by atoms with Gasteiger partial charge in [0.2, 0.25) is 0 Å². The predicted octanol–water partition coefficient (Wildman–Crippen LogP) is 5.84. The van der Waals surface area contributed by atoms with Crippen molar-refractivity contribution in [2.75, 3.05) is 0 Å². The van der Waals surface area contributed by atoms with Crippen LogP contribution in [0, 0.1) is 116 Å². The number of benzene rings is 4. The molecular weight excluding hydrogens is 846 g/mol. The van der Waals surface area contributed by atoms with E-state index in [0.717, 1.165) is 0 Å². The van der Waals surface area contributed by atoms with Crippen molar-refractivity contribution in [2.45, 2.75) is 0 Å². The van der Waals surface area contributed by atoms with Gasteiger partial charge in [-0.2, -0.15) is 0 Å². The summed E-state index contributed by atoms with van der Waals surface area (Å²) in [7, 11) is 0. The molecule has 0 aliphatic carbocycles. The Labute approximate surface area is 257 Å². The zero-order chi connectivity index (χ0) is 34.4. The van der Waals surface area contributed by atoms with Crippen LogP contribution in [0.25, 0.3) is 0 Å². The van der Waals surface area contributed by atoms with Gasteiger partial charge in [0.1, 0.15) is 0 Å². The Hall–Kier alpha value is -3.14. The van der Waals surface area contributed by atoms with Gasteiger partial charge in [0.05, 0.1) is 0 Å². The van der Waals surface area contributed by atoms with E-state index in [-0.39, 0.29) is 22.4 Å². The molecule has 0 fully saturated rings. The molecule has 4 aromatic carbocycles. The second-order valence-corrected chi connectivity index (χ2v) is 17.3. The Morgan fingerprint density at radius 3 is 0.370 bits per heavy atom. The number of hydrogen-bond acceptors (Lipinski definition) is 0. The standard InChI is InChI=1S/4C6F5.Ag.Ga/c4*7-2-1-3(8)5(10)6(11)4(2)9;;/q;;;;+1;-1. The van der Waals surface area contributed by atoms with E-state index in [4.69, 9.17) is 0 Å². The van der Waals surface area contributed by atoms with E-state index in [1.54, 1.807) is 0 Å². The van der Waals surface area contributed by atoms with Crippen LogP contribution in [0.15, 0.2) is 0 Å². The van der Waals surface area contributed by atoms with Gasteiger partial charge in [0.15, 0.2) is 0 Å². The Balaban J connectivity index is 0.00000576. The molecule has 0 saturated heterocycles. The van der Waals surface area contributed by atoms with Crippen molar-refractivity contribution >= 4 is 31.5 Å². The van der Waals surface area contributed by atoms with Gasteiger partial charge in [-0.3, -0.25) is 0 Å². The van der Waals surface area contributed by atoms with Crippen molar-refractivity contribution in [2.24, 2.45) is 0 Å². The van der Waals surface area contributed by atoms with Crippen LogP contribution in [0.1, 0.15) is 0 Å². The van der Waals surface area contributed by atoms with Crippen molar-refractivity contribution < 1.29 is 110 Å². The third-order valence-electron chi connectivity index (χ3n) is 6.71. The SMILES string of the molecule is Fc1c(F)c(F)[c]([Ga-]([c]2c(F)c(F)c(F)c(F)c2F)([c]2c(F)c(F)c(F)c(F)c2F)[c]2c(F)c(F)c(F)c(F)c2F)c(F)c1F.[Ag+]. The van der Waals surface area contributed by atoms with Crippen molar-refractivity contribution in [1.29, 1.82) is 0 Å². The van der Waals surface area contributed by atoms with Crippen LogP contribution in [0.5, 0.6) is 0 Å². The molecule has 0 bridgehead atoms. The van der Waals surface area contributed by atoms with Gasteiger partial charge in [-0.25, -0.2) is 0 Å². The molecule has 250 valence electrons. The topological polar surface area (TPSA) is 0 Å². The van der Waals surface area contributed by atoms with E-state index >= 15 is 35.1 Å². The second-order valence-electron chi connectivity index (χ2n) is 8.80. The number of rotatable bonds is 4.